The number of nitrogens with one attached hydrogen (secondary N) is 1. The molecule has 6 heteroatoms. The van der Waals surface area contributed by atoms with Gasteiger partial charge in [0.25, 0.3) is 0 Å². The number of benzene rings is 2. The fourth-order valence-electron chi connectivity index (χ4n) is 4.04. The van der Waals surface area contributed by atoms with E-state index in [9.17, 15) is 9.59 Å². The summed E-state index contributed by atoms with van der Waals surface area (Å²) in [4.78, 5) is 28.9. The molecule has 1 aromatic heterocycles. The summed E-state index contributed by atoms with van der Waals surface area (Å²) >= 11 is 0. The first-order valence-corrected chi connectivity index (χ1v) is 10.7. The van der Waals surface area contributed by atoms with E-state index in [1.54, 1.807) is 6.07 Å². The summed E-state index contributed by atoms with van der Waals surface area (Å²) in [6, 6.07) is 13.5. The second kappa shape index (κ2) is 9.04. The number of hydrogen-bond donors (Lipinski definition) is 1. The zero-order valence-corrected chi connectivity index (χ0v) is 18.4. The van der Waals surface area contributed by atoms with Crippen LogP contribution in [0.5, 0.6) is 0 Å². The zero-order chi connectivity index (χ0) is 22.0. The number of nitrogens with zero attached hydrogens (tertiary/aromatic N) is 2. The standard InChI is InChI=1S/C25H29N3O3/c1-17-4-7-22-20(14-25(30)31-23(22)12-17)15-27-8-10-28(11-9-27)16-24(29)26-21-6-5-18(2)19(3)13-21/h4-7,12-14H,8-11,15-16H2,1-3H3,(H,26,29). The summed E-state index contributed by atoms with van der Waals surface area (Å²) < 4.78 is 5.37. The summed E-state index contributed by atoms with van der Waals surface area (Å²) in [5.74, 6) is 0.0127. The number of amides is 1. The van der Waals surface area contributed by atoms with Crippen LogP contribution in [-0.4, -0.2) is 48.4 Å². The van der Waals surface area contributed by atoms with Gasteiger partial charge in [-0.15, -0.1) is 0 Å². The SMILES string of the molecule is Cc1ccc2c(CN3CCN(CC(=O)Nc4ccc(C)c(C)c4)CC3)cc(=O)oc2c1. The number of hydrogen-bond acceptors (Lipinski definition) is 5. The third kappa shape index (κ3) is 5.21. The van der Waals surface area contributed by atoms with Crippen molar-refractivity contribution in [3.05, 3.63) is 75.1 Å². The molecule has 1 N–H and O–H groups in total. The molecule has 1 aliphatic heterocycles. The van der Waals surface area contributed by atoms with Crippen molar-refractivity contribution in [1.82, 2.24) is 9.80 Å². The summed E-state index contributed by atoms with van der Waals surface area (Å²) in [6.07, 6.45) is 0. The van der Waals surface area contributed by atoms with Crippen molar-refractivity contribution < 1.29 is 9.21 Å². The first-order chi connectivity index (χ1) is 14.9. The lowest BCUT2D eigenvalue weighted by Crippen LogP contribution is -2.48. The average molecular weight is 420 g/mol. The Morgan fingerprint density at radius 1 is 0.935 bits per heavy atom. The van der Waals surface area contributed by atoms with Crippen LogP contribution >= 0.6 is 0 Å². The Balaban J connectivity index is 1.33. The number of carbonyl (C=O) groups excluding carboxylic acids is 1. The maximum absolute atomic E-state index is 12.4. The molecular weight excluding hydrogens is 390 g/mol. The highest BCUT2D eigenvalue weighted by Crippen LogP contribution is 2.20. The molecule has 6 nitrogen and oxygen atoms in total. The molecule has 3 aromatic rings. The van der Waals surface area contributed by atoms with E-state index in [1.165, 1.54) is 11.1 Å². The number of anilines is 1. The molecule has 1 fully saturated rings. The van der Waals surface area contributed by atoms with Crippen LogP contribution in [0.15, 0.2) is 51.7 Å². The highest BCUT2D eigenvalue weighted by atomic mass is 16.4. The van der Waals surface area contributed by atoms with Crippen LogP contribution in [0, 0.1) is 20.8 Å². The number of aryl methyl sites for hydroxylation is 3. The van der Waals surface area contributed by atoms with E-state index in [1.807, 2.05) is 50.2 Å². The van der Waals surface area contributed by atoms with E-state index in [0.29, 0.717) is 18.7 Å². The summed E-state index contributed by atoms with van der Waals surface area (Å²) in [6.45, 7) is 10.5. The first kappa shape index (κ1) is 21.3. The number of rotatable bonds is 5. The maximum Gasteiger partial charge on any atom is 0.336 e. The Hall–Kier alpha value is -2.96. The lowest BCUT2D eigenvalue weighted by atomic mass is 10.1. The van der Waals surface area contributed by atoms with E-state index >= 15 is 0 Å². The van der Waals surface area contributed by atoms with Crippen LogP contribution in [0.2, 0.25) is 0 Å². The molecule has 0 spiro atoms. The van der Waals surface area contributed by atoms with Crippen LogP contribution in [0.25, 0.3) is 11.0 Å². The zero-order valence-electron chi connectivity index (χ0n) is 18.4. The Kier molecular flexibility index (Phi) is 6.20. The van der Waals surface area contributed by atoms with Crippen molar-refractivity contribution in [2.45, 2.75) is 27.3 Å². The molecule has 0 bridgehead atoms. The van der Waals surface area contributed by atoms with Crippen molar-refractivity contribution in [3.8, 4) is 0 Å². The average Bonchev–Trinajstić information content (AvgIpc) is 2.71. The van der Waals surface area contributed by atoms with Crippen LogP contribution in [0.4, 0.5) is 5.69 Å². The fraction of sp³-hybridized carbons (Fsp3) is 0.360. The normalized spacial score (nSPS) is 15.3. The van der Waals surface area contributed by atoms with Gasteiger partial charge in [0.2, 0.25) is 5.91 Å². The summed E-state index contributed by atoms with van der Waals surface area (Å²) in [5, 5.41) is 3.99. The fourth-order valence-corrected chi connectivity index (χ4v) is 4.04. The van der Waals surface area contributed by atoms with Crippen LogP contribution in [0.3, 0.4) is 0 Å². The van der Waals surface area contributed by atoms with Crippen molar-refractivity contribution >= 4 is 22.6 Å². The highest BCUT2D eigenvalue weighted by molar-refractivity contribution is 5.92. The van der Waals surface area contributed by atoms with E-state index in [0.717, 1.165) is 48.4 Å². The number of fused-ring (bicyclic) bond motifs is 1. The second-order valence-corrected chi connectivity index (χ2v) is 8.49. The first-order valence-electron chi connectivity index (χ1n) is 10.7. The van der Waals surface area contributed by atoms with E-state index < -0.39 is 0 Å². The van der Waals surface area contributed by atoms with Gasteiger partial charge in [-0.05, 0) is 61.2 Å². The lowest BCUT2D eigenvalue weighted by molar-refractivity contribution is -0.117. The molecular formula is C25H29N3O3. The van der Waals surface area contributed by atoms with Gasteiger partial charge in [-0.25, -0.2) is 4.79 Å². The summed E-state index contributed by atoms with van der Waals surface area (Å²) in [5.41, 5.74) is 5.63. The second-order valence-electron chi connectivity index (χ2n) is 8.49. The molecule has 0 saturated carbocycles. The minimum Gasteiger partial charge on any atom is -0.423 e. The van der Waals surface area contributed by atoms with E-state index in [2.05, 4.69) is 22.0 Å². The molecule has 2 heterocycles. The molecule has 1 saturated heterocycles. The smallest absolute Gasteiger partial charge is 0.336 e. The number of carbonyl (C=O) groups is 1. The predicted octanol–water partition coefficient (Wildman–Crippen LogP) is 3.47. The molecule has 1 amide bonds. The van der Waals surface area contributed by atoms with Crippen LogP contribution in [-0.2, 0) is 11.3 Å². The van der Waals surface area contributed by atoms with Gasteiger partial charge in [0.15, 0.2) is 0 Å². The Morgan fingerprint density at radius 2 is 1.68 bits per heavy atom. The topological polar surface area (TPSA) is 65.8 Å². The van der Waals surface area contributed by atoms with Crippen LogP contribution < -0.4 is 10.9 Å². The quantitative estimate of drug-likeness (QED) is 0.642. The lowest BCUT2D eigenvalue weighted by Gasteiger charge is -2.34. The highest BCUT2D eigenvalue weighted by Gasteiger charge is 2.20. The van der Waals surface area contributed by atoms with Crippen molar-refractivity contribution in [3.63, 3.8) is 0 Å². The molecule has 0 unspecified atom stereocenters. The molecule has 0 atom stereocenters. The number of piperazine rings is 1. The third-order valence-electron chi connectivity index (χ3n) is 6.00. The molecule has 0 radical (unpaired) electrons. The largest absolute Gasteiger partial charge is 0.423 e. The molecule has 1 aliphatic rings. The minimum atomic E-state index is -0.310. The van der Waals surface area contributed by atoms with E-state index in [4.69, 9.17) is 4.42 Å². The monoisotopic (exact) mass is 419 g/mol. The van der Waals surface area contributed by atoms with Gasteiger partial charge in [-0.2, -0.15) is 0 Å². The molecule has 2 aromatic carbocycles. The molecule has 4 rings (SSSR count). The molecule has 162 valence electrons. The third-order valence-corrected chi connectivity index (χ3v) is 6.00. The molecule has 0 aliphatic carbocycles. The molecule has 31 heavy (non-hydrogen) atoms. The Labute approximate surface area is 182 Å². The van der Waals surface area contributed by atoms with Gasteiger partial charge in [0, 0.05) is 49.9 Å². The van der Waals surface area contributed by atoms with Crippen molar-refractivity contribution in [2.24, 2.45) is 0 Å². The van der Waals surface area contributed by atoms with Crippen LogP contribution in [0.1, 0.15) is 22.3 Å². The summed E-state index contributed by atoms with van der Waals surface area (Å²) in [7, 11) is 0. The predicted molar refractivity (Wildman–Crippen MR) is 123 cm³/mol. The Morgan fingerprint density at radius 3 is 2.42 bits per heavy atom. The van der Waals surface area contributed by atoms with Crippen molar-refractivity contribution in [2.75, 3.05) is 38.0 Å². The van der Waals surface area contributed by atoms with Gasteiger partial charge >= 0.3 is 5.63 Å². The van der Waals surface area contributed by atoms with Gasteiger partial charge in [0.1, 0.15) is 5.58 Å². The minimum absolute atomic E-state index is 0.0127. The van der Waals surface area contributed by atoms with Crippen molar-refractivity contribution in [1.29, 1.82) is 0 Å². The van der Waals surface area contributed by atoms with Gasteiger partial charge in [-0.3, -0.25) is 14.6 Å². The maximum atomic E-state index is 12.4. The van der Waals surface area contributed by atoms with Gasteiger partial charge in [0.05, 0.1) is 6.54 Å². The Bertz CT molecular complexity index is 1160. The van der Waals surface area contributed by atoms with Gasteiger partial charge < -0.3 is 9.73 Å². The van der Waals surface area contributed by atoms with E-state index in [-0.39, 0.29) is 11.5 Å². The van der Waals surface area contributed by atoms with Gasteiger partial charge in [-0.1, -0.05) is 18.2 Å².